The second kappa shape index (κ2) is 11.3. The molecule has 9 heteroatoms. The van der Waals surface area contributed by atoms with Crippen LogP contribution in [0.5, 0.6) is 0 Å². The predicted molar refractivity (Wildman–Crippen MR) is 173 cm³/mol. The lowest BCUT2D eigenvalue weighted by Crippen LogP contribution is -2.25. The van der Waals surface area contributed by atoms with Gasteiger partial charge in [0.2, 0.25) is 0 Å². The topological polar surface area (TPSA) is 79.3 Å². The van der Waals surface area contributed by atoms with E-state index in [2.05, 4.69) is 59.6 Å². The van der Waals surface area contributed by atoms with Crippen LogP contribution in [0.25, 0.3) is 11.3 Å². The lowest BCUT2D eigenvalue weighted by Gasteiger charge is -2.21. The van der Waals surface area contributed by atoms with Crippen molar-refractivity contribution in [2.24, 2.45) is 7.05 Å². The number of aryl methyl sites for hydroxylation is 2. The summed E-state index contributed by atoms with van der Waals surface area (Å²) in [5.41, 5.74) is 5.65. The summed E-state index contributed by atoms with van der Waals surface area (Å²) in [5.74, 6) is 1.29. The number of fused-ring (bicyclic) bond motifs is 5. The highest BCUT2D eigenvalue weighted by molar-refractivity contribution is 7.14. The molecule has 6 rings (SSSR count). The van der Waals surface area contributed by atoms with Crippen LogP contribution in [-0.4, -0.2) is 33.4 Å². The highest BCUT2D eigenvalue weighted by Gasteiger charge is 2.39. The van der Waals surface area contributed by atoms with Crippen LogP contribution in [0.1, 0.15) is 76.2 Å². The van der Waals surface area contributed by atoms with Crippen LogP contribution in [0.4, 0.5) is 17.2 Å². The van der Waals surface area contributed by atoms with E-state index >= 15 is 0 Å². The SMILES string of the molecule is Cc1ccc(-c2cn(C)c(=O)c(Nc3ccc(CN(C)C(C)C)cc3)n2)c(Cl)c1NC(=O)c1cc2c(s1)C1CCC2C1. The maximum Gasteiger partial charge on any atom is 0.293 e. The van der Waals surface area contributed by atoms with Gasteiger partial charge in [-0.15, -0.1) is 11.3 Å². The molecule has 0 saturated heterocycles. The highest BCUT2D eigenvalue weighted by Crippen LogP contribution is 2.56. The largest absolute Gasteiger partial charge is 0.336 e. The molecule has 2 bridgehead atoms. The lowest BCUT2D eigenvalue weighted by atomic mass is 9.99. The number of thiophene rings is 1. The number of benzene rings is 2. The lowest BCUT2D eigenvalue weighted by molar-refractivity contribution is 0.103. The number of aromatic nitrogens is 2. The van der Waals surface area contributed by atoms with Crippen LogP contribution in [0.3, 0.4) is 0 Å². The van der Waals surface area contributed by atoms with Crippen LogP contribution in [0.2, 0.25) is 5.02 Å². The van der Waals surface area contributed by atoms with Crippen molar-refractivity contribution in [2.75, 3.05) is 17.7 Å². The number of carbonyl (C=O) groups is 1. The molecule has 42 heavy (non-hydrogen) atoms. The average molecular weight is 602 g/mol. The molecule has 2 aromatic carbocycles. The first-order chi connectivity index (χ1) is 20.1. The standard InChI is InChI=1S/C33H36ClN5O2S/c1-18(2)38(4)16-20-7-11-23(12-8-20)35-31-33(41)39(5)17-26(36-31)24-13-6-19(3)29(28(24)34)37-32(40)27-15-25-21-9-10-22(14-21)30(25)42-27/h6-8,11-13,15,17-18,21-22H,9-10,14,16H2,1-5H3,(H,35,36)(H,37,40). The van der Waals surface area contributed by atoms with E-state index < -0.39 is 0 Å². The van der Waals surface area contributed by atoms with Gasteiger partial charge in [0.1, 0.15) is 0 Å². The van der Waals surface area contributed by atoms with Crippen molar-refractivity contribution in [2.45, 2.75) is 64.5 Å². The first-order valence-electron chi connectivity index (χ1n) is 14.5. The van der Waals surface area contributed by atoms with Crippen LogP contribution in [0, 0.1) is 6.92 Å². The van der Waals surface area contributed by atoms with Crippen molar-refractivity contribution in [1.82, 2.24) is 14.5 Å². The summed E-state index contributed by atoms with van der Waals surface area (Å²) in [6.07, 6.45) is 5.37. The van der Waals surface area contributed by atoms with Gasteiger partial charge in [0.05, 0.1) is 21.3 Å². The minimum Gasteiger partial charge on any atom is -0.336 e. The molecule has 4 aromatic rings. The van der Waals surface area contributed by atoms with Crippen LogP contribution >= 0.6 is 22.9 Å². The molecule has 1 fully saturated rings. The van der Waals surface area contributed by atoms with E-state index in [1.54, 1.807) is 24.6 Å². The molecule has 0 aliphatic heterocycles. The van der Waals surface area contributed by atoms with Crippen molar-refractivity contribution in [3.05, 3.63) is 90.5 Å². The normalized spacial score (nSPS) is 17.2. The number of nitrogens with zero attached hydrogens (tertiary/aromatic N) is 3. The first kappa shape index (κ1) is 28.6. The number of rotatable bonds is 8. The number of anilines is 3. The Morgan fingerprint density at radius 1 is 1.17 bits per heavy atom. The molecule has 2 atom stereocenters. The molecular formula is C33H36ClN5O2S. The molecule has 1 amide bonds. The maximum absolute atomic E-state index is 13.3. The van der Waals surface area contributed by atoms with Crippen molar-refractivity contribution in [3.8, 4) is 11.3 Å². The van der Waals surface area contributed by atoms with Gasteiger partial charge < -0.3 is 15.2 Å². The minimum absolute atomic E-state index is 0.144. The van der Waals surface area contributed by atoms with E-state index in [9.17, 15) is 9.59 Å². The van der Waals surface area contributed by atoms with E-state index in [0.29, 0.717) is 39.8 Å². The molecule has 2 aliphatic carbocycles. The predicted octanol–water partition coefficient (Wildman–Crippen LogP) is 7.67. The fraction of sp³-hybridized carbons (Fsp3) is 0.364. The van der Waals surface area contributed by atoms with Crippen LogP contribution in [-0.2, 0) is 13.6 Å². The van der Waals surface area contributed by atoms with Gasteiger partial charge in [-0.25, -0.2) is 4.98 Å². The van der Waals surface area contributed by atoms with E-state index in [4.69, 9.17) is 11.6 Å². The molecule has 2 N–H and O–H groups in total. The molecule has 2 aliphatic rings. The third-order valence-electron chi connectivity index (χ3n) is 8.72. The smallest absolute Gasteiger partial charge is 0.293 e. The van der Waals surface area contributed by atoms with Gasteiger partial charge in [0.25, 0.3) is 11.5 Å². The fourth-order valence-corrected chi connectivity index (χ4v) is 7.64. The molecule has 218 valence electrons. The minimum atomic E-state index is -0.251. The molecular weight excluding hydrogens is 566 g/mol. The summed E-state index contributed by atoms with van der Waals surface area (Å²) in [6.45, 7) is 7.09. The molecule has 2 aromatic heterocycles. The summed E-state index contributed by atoms with van der Waals surface area (Å²) in [6, 6.07) is 14.3. The zero-order chi connectivity index (χ0) is 29.7. The third kappa shape index (κ3) is 5.39. The van der Waals surface area contributed by atoms with Gasteiger partial charge in [-0.1, -0.05) is 35.9 Å². The maximum atomic E-state index is 13.3. The van der Waals surface area contributed by atoms with Crippen molar-refractivity contribution in [1.29, 1.82) is 0 Å². The first-order valence-corrected chi connectivity index (χ1v) is 15.7. The molecule has 7 nitrogen and oxygen atoms in total. The van der Waals surface area contributed by atoms with E-state index in [1.165, 1.54) is 39.8 Å². The zero-order valence-electron chi connectivity index (χ0n) is 24.6. The Balaban J connectivity index is 1.25. The summed E-state index contributed by atoms with van der Waals surface area (Å²) in [4.78, 5) is 35.4. The number of nitrogens with one attached hydrogen (secondary N) is 2. The fourth-order valence-electron chi connectivity index (χ4n) is 5.99. The van der Waals surface area contributed by atoms with Crippen molar-refractivity contribution >= 4 is 46.0 Å². The second-order valence-corrected chi connectivity index (χ2v) is 13.4. The third-order valence-corrected chi connectivity index (χ3v) is 10.4. The Labute approximate surface area is 255 Å². The number of carbonyl (C=O) groups excluding carboxylic acids is 1. The van der Waals surface area contributed by atoms with Crippen LogP contribution < -0.4 is 16.2 Å². The molecule has 0 radical (unpaired) electrons. The van der Waals surface area contributed by atoms with Gasteiger partial charge in [-0.2, -0.15) is 0 Å². The molecule has 2 unspecified atom stereocenters. The quantitative estimate of drug-likeness (QED) is 0.217. The van der Waals surface area contributed by atoms with Crippen LogP contribution in [0.15, 0.2) is 53.5 Å². The van der Waals surface area contributed by atoms with Crippen molar-refractivity contribution < 1.29 is 4.79 Å². The van der Waals surface area contributed by atoms with Gasteiger partial charge in [-0.05, 0) is 93.8 Å². The van der Waals surface area contributed by atoms with Gasteiger partial charge in [0, 0.05) is 42.0 Å². The molecule has 0 spiro atoms. The van der Waals surface area contributed by atoms with Gasteiger partial charge in [-0.3, -0.25) is 14.5 Å². The number of halogens is 1. The molecule has 1 saturated carbocycles. The van der Waals surface area contributed by atoms with Gasteiger partial charge in [0.15, 0.2) is 5.82 Å². The summed E-state index contributed by atoms with van der Waals surface area (Å²) in [5, 5.41) is 6.65. The Bertz CT molecular complexity index is 1700. The monoisotopic (exact) mass is 601 g/mol. The molecule has 2 heterocycles. The Kier molecular flexibility index (Phi) is 7.72. The number of amides is 1. The summed E-state index contributed by atoms with van der Waals surface area (Å²) < 4.78 is 1.49. The number of hydrogen-bond acceptors (Lipinski definition) is 6. The van der Waals surface area contributed by atoms with E-state index in [0.717, 1.165) is 22.7 Å². The Hall–Kier alpha value is -3.46. The summed E-state index contributed by atoms with van der Waals surface area (Å²) >= 11 is 8.55. The van der Waals surface area contributed by atoms with Gasteiger partial charge >= 0.3 is 0 Å². The number of hydrogen-bond donors (Lipinski definition) is 2. The second-order valence-electron chi connectivity index (χ2n) is 11.9. The summed E-state index contributed by atoms with van der Waals surface area (Å²) in [7, 11) is 3.79. The van der Waals surface area contributed by atoms with Crippen molar-refractivity contribution in [3.63, 3.8) is 0 Å². The highest BCUT2D eigenvalue weighted by atomic mass is 35.5. The van der Waals surface area contributed by atoms with E-state index in [1.807, 2.05) is 31.2 Å². The Morgan fingerprint density at radius 2 is 1.90 bits per heavy atom. The van der Waals surface area contributed by atoms with E-state index in [-0.39, 0.29) is 17.3 Å². The Morgan fingerprint density at radius 3 is 2.62 bits per heavy atom. The average Bonchev–Trinajstić information content (AvgIpc) is 3.69. The zero-order valence-corrected chi connectivity index (χ0v) is 26.2.